The number of benzene rings is 2. The summed E-state index contributed by atoms with van der Waals surface area (Å²) in [4.78, 5) is 28.3. The standard InChI is InChI=1S/C20H20N4O4S2/c1-11-4-9-16(12(2)10-11)30(27,28)24-20-22-13(3)17(29-20)19(26)23-15-7-5-14(6-8-15)18(21)25/h4-10H,1-3H3,(H2,21,25)(H,22,24)(H,23,26). The van der Waals surface area contributed by atoms with Gasteiger partial charge in [-0.3, -0.25) is 14.3 Å². The van der Waals surface area contributed by atoms with Gasteiger partial charge in [-0.1, -0.05) is 29.0 Å². The summed E-state index contributed by atoms with van der Waals surface area (Å²) >= 11 is 0.938. The van der Waals surface area contributed by atoms with Crippen LogP contribution in [0.5, 0.6) is 0 Å². The first-order valence-electron chi connectivity index (χ1n) is 8.85. The molecule has 0 atom stereocenters. The summed E-state index contributed by atoms with van der Waals surface area (Å²) < 4.78 is 27.9. The van der Waals surface area contributed by atoms with Crippen molar-refractivity contribution in [3.63, 3.8) is 0 Å². The molecule has 1 heterocycles. The van der Waals surface area contributed by atoms with Gasteiger partial charge >= 0.3 is 0 Å². The summed E-state index contributed by atoms with van der Waals surface area (Å²) in [5.74, 6) is -0.999. The number of amides is 2. The number of anilines is 2. The Morgan fingerprint density at radius 3 is 2.30 bits per heavy atom. The Labute approximate surface area is 178 Å². The van der Waals surface area contributed by atoms with Crippen molar-refractivity contribution in [1.82, 2.24) is 4.98 Å². The topological polar surface area (TPSA) is 131 Å². The zero-order chi connectivity index (χ0) is 22.1. The highest BCUT2D eigenvalue weighted by molar-refractivity contribution is 7.93. The van der Waals surface area contributed by atoms with E-state index in [1.165, 1.54) is 18.2 Å². The van der Waals surface area contributed by atoms with Crippen molar-refractivity contribution >= 4 is 44.0 Å². The zero-order valence-corrected chi connectivity index (χ0v) is 18.1. The lowest BCUT2D eigenvalue weighted by molar-refractivity contribution is 0.0998. The largest absolute Gasteiger partial charge is 0.366 e. The minimum absolute atomic E-state index is 0.0988. The fourth-order valence-electron chi connectivity index (χ4n) is 2.83. The number of thiazole rings is 1. The van der Waals surface area contributed by atoms with E-state index in [0.717, 1.165) is 16.9 Å². The first-order chi connectivity index (χ1) is 14.1. The van der Waals surface area contributed by atoms with Gasteiger partial charge in [0.1, 0.15) is 4.88 Å². The fraction of sp³-hybridized carbons (Fsp3) is 0.150. The summed E-state index contributed by atoms with van der Waals surface area (Å²) in [5.41, 5.74) is 7.96. The number of nitrogens with one attached hydrogen (secondary N) is 2. The number of primary amides is 1. The van der Waals surface area contributed by atoms with E-state index in [4.69, 9.17) is 5.73 Å². The molecule has 30 heavy (non-hydrogen) atoms. The quantitative estimate of drug-likeness (QED) is 0.537. The first-order valence-corrected chi connectivity index (χ1v) is 11.2. The molecule has 0 aliphatic heterocycles. The zero-order valence-electron chi connectivity index (χ0n) is 16.5. The molecular weight excluding hydrogens is 424 g/mol. The molecule has 0 saturated heterocycles. The van der Waals surface area contributed by atoms with Crippen molar-refractivity contribution in [1.29, 1.82) is 0 Å². The fourth-order valence-corrected chi connectivity index (χ4v) is 5.15. The lowest BCUT2D eigenvalue weighted by Gasteiger charge is -2.08. The van der Waals surface area contributed by atoms with E-state index in [-0.39, 0.29) is 14.9 Å². The Hall–Kier alpha value is -3.24. The van der Waals surface area contributed by atoms with Gasteiger partial charge < -0.3 is 11.1 Å². The molecular formula is C20H20N4O4S2. The van der Waals surface area contributed by atoms with Crippen LogP contribution in [0.4, 0.5) is 10.8 Å². The second kappa shape index (κ2) is 8.25. The van der Waals surface area contributed by atoms with Crippen LogP contribution in [0, 0.1) is 20.8 Å². The molecule has 0 radical (unpaired) electrons. The molecule has 4 N–H and O–H groups in total. The molecule has 0 aliphatic carbocycles. The number of carbonyl (C=O) groups is 2. The Morgan fingerprint density at radius 1 is 1.03 bits per heavy atom. The molecule has 0 spiro atoms. The first kappa shape index (κ1) is 21.5. The Kier molecular flexibility index (Phi) is 5.90. The maximum absolute atomic E-state index is 12.7. The highest BCUT2D eigenvalue weighted by Gasteiger charge is 2.22. The maximum atomic E-state index is 12.7. The van der Waals surface area contributed by atoms with E-state index in [1.54, 1.807) is 38.1 Å². The maximum Gasteiger partial charge on any atom is 0.267 e. The van der Waals surface area contributed by atoms with Gasteiger partial charge in [-0.15, -0.1) is 0 Å². The SMILES string of the molecule is Cc1ccc(S(=O)(=O)Nc2nc(C)c(C(=O)Nc3ccc(C(N)=O)cc3)s2)c(C)c1. The van der Waals surface area contributed by atoms with Crippen molar-refractivity contribution in [2.75, 3.05) is 10.0 Å². The lowest BCUT2D eigenvalue weighted by atomic mass is 10.2. The van der Waals surface area contributed by atoms with E-state index >= 15 is 0 Å². The Balaban J connectivity index is 1.79. The van der Waals surface area contributed by atoms with Gasteiger partial charge in [-0.2, -0.15) is 0 Å². The van der Waals surface area contributed by atoms with E-state index in [1.807, 2.05) is 6.92 Å². The minimum Gasteiger partial charge on any atom is -0.366 e. The molecule has 2 amide bonds. The number of sulfonamides is 1. The molecule has 3 rings (SSSR count). The van der Waals surface area contributed by atoms with Gasteiger partial charge in [0.2, 0.25) is 5.91 Å². The predicted octanol–water partition coefficient (Wildman–Crippen LogP) is 3.22. The molecule has 0 aliphatic rings. The Morgan fingerprint density at radius 2 is 1.70 bits per heavy atom. The minimum atomic E-state index is -3.84. The molecule has 8 nitrogen and oxygen atoms in total. The highest BCUT2D eigenvalue weighted by Crippen LogP contribution is 2.27. The van der Waals surface area contributed by atoms with Crippen molar-refractivity contribution < 1.29 is 18.0 Å². The third-order valence-electron chi connectivity index (χ3n) is 4.27. The number of aromatic nitrogens is 1. The summed E-state index contributed by atoms with van der Waals surface area (Å²) in [6, 6.07) is 11.1. The number of hydrogen-bond donors (Lipinski definition) is 3. The molecule has 0 bridgehead atoms. The van der Waals surface area contributed by atoms with Crippen LogP contribution >= 0.6 is 11.3 Å². The van der Waals surface area contributed by atoms with Gasteiger partial charge in [0.05, 0.1) is 10.6 Å². The average Bonchev–Trinajstić information content (AvgIpc) is 3.01. The number of aryl methyl sites for hydroxylation is 3. The normalized spacial score (nSPS) is 11.2. The molecule has 2 aromatic carbocycles. The molecule has 10 heteroatoms. The van der Waals surface area contributed by atoms with Gasteiger partial charge in [-0.25, -0.2) is 13.4 Å². The van der Waals surface area contributed by atoms with Crippen molar-refractivity contribution in [3.05, 3.63) is 69.7 Å². The summed E-state index contributed by atoms with van der Waals surface area (Å²) in [7, 11) is -3.84. The van der Waals surface area contributed by atoms with Crippen LogP contribution in [-0.2, 0) is 10.0 Å². The van der Waals surface area contributed by atoms with Crippen LogP contribution < -0.4 is 15.8 Å². The number of carbonyl (C=O) groups excluding carboxylic acids is 2. The number of hydrogen-bond acceptors (Lipinski definition) is 6. The van der Waals surface area contributed by atoms with Crippen LogP contribution in [0.1, 0.15) is 36.9 Å². The van der Waals surface area contributed by atoms with Gasteiger partial charge in [0.25, 0.3) is 15.9 Å². The average molecular weight is 445 g/mol. The summed E-state index contributed by atoms with van der Waals surface area (Å²) in [5, 5.41) is 2.79. The van der Waals surface area contributed by atoms with Crippen molar-refractivity contribution in [2.45, 2.75) is 25.7 Å². The second-order valence-electron chi connectivity index (χ2n) is 6.70. The monoisotopic (exact) mass is 444 g/mol. The van der Waals surface area contributed by atoms with Crippen LogP contribution in [-0.4, -0.2) is 25.2 Å². The van der Waals surface area contributed by atoms with E-state index in [9.17, 15) is 18.0 Å². The van der Waals surface area contributed by atoms with E-state index in [2.05, 4.69) is 15.0 Å². The number of rotatable bonds is 6. The van der Waals surface area contributed by atoms with Crippen LogP contribution in [0.2, 0.25) is 0 Å². The smallest absolute Gasteiger partial charge is 0.267 e. The third-order valence-corrected chi connectivity index (χ3v) is 6.97. The van der Waals surface area contributed by atoms with Gasteiger partial charge in [0.15, 0.2) is 5.13 Å². The third kappa shape index (κ3) is 4.66. The number of nitrogens with zero attached hydrogens (tertiary/aromatic N) is 1. The van der Waals surface area contributed by atoms with Crippen LogP contribution in [0.3, 0.4) is 0 Å². The molecule has 0 saturated carbocycles. The van der Waals surface area contributed by atoms with Gasteiger partial charge in [-0.05, 0) is 56.7 Å². The molecule has 0 unspecified atom stereocenters. The van der Waals surface area contributed by atoms with E-state index in [0.29, 0.717) is 22.5 Å². The summed E-state index contributed by atoms with van der Waals surface area (Å²) in [6.45, 7) is 5.22. The predicted molar refractivity (Wildman–Crippen MR) is 116 cm³/mol. The summed E-state index contributed by atoms with van der Waals surface area (Å²) in [6.07, 6.45) is 0. The molecule has 1 aromatic heterocycles. The molecule has 0 fully saturated rings. The lowest BCUT2D eigenvalue weighted by Crippen LogP contribution is -2.14. The van der Waals surface area contributed by atoms with Crippen molar-refractivity contribution in [2.24, 2.45) is 5.73 Å². The van der Waals surface area contributed by atoms with Crippen molar-refractivity contribution in [3.8, 4) is 0 Å². The molecule has 3 aromatic rings. The van der Waals surface area contributed by atoms with Crippen LogP contribution in [0.15, 0.2) is 47.4 Å². The van der Waals surface area contributed by atoms with E-state index < -0.39 is 21.8 Å². The molecule has 156 valence electrons. The van der Waals surface area contributed by atoms with Crippen LogP contribution in [0.25, 0.3) is 0 Å². The second-order valence-corrected chi connectivity index (χ2v) is 9.35. The Bertz CT molecular complexity index is 1230. The number of nitrogens with two attached hydrogens (primary N) is 1. The highest BCUT2D eigenvalue weighted by atomic mass is 32.2. The van der Waals surface area contributed by atoms with Gasteiger partial charge in [0, 0.05) is 11.3 Å².